The Balaban J connectivity index is 1.84. The average Bonchev–Trinajstić information content (AvgIpc) is 2.42. The predicted molar refractivity (Wildman–Crippen MR) is 87.4 cm³/mol. The van der Waals surface area contributed by atoms with Gasteiger partial charge in [-0.15, -0.1) is 0 Å². The van der Waals surface area contributed by atoms with Gasteiger partial charge in [0.05, 0.1) is 12.8 Å². The van der Waals surface area contributed by atoms with E-state index >= 15 is 0 Å². The average molecular weight is 325 g/mol. The Labute approximate surface area is 132 Å². The molecule has 6 nitrogen and oxygen atoms in total. The molecule has 1 amide bonds. The first kappa shape index (κ1) is 16.9. The summed E-state index contributed by atoms with van der Waals surface area (Å²) in [5.41, 5.74) is 3.12. The minimum atomic E-state index is -3.13. The molecule has 1 N–H and O–H groups in total. The number of anilines is 1. The zero-order chi connectivity index (χ0) is 16.3. The van der Waals surface area contributed by atoms with E-state index in [1.807, 2.05) is 36.9 Å². The van der Waals surface area contributed by atoms with E-state index in [0.29, 0.717) is 26.2 Å². The van der Waals surface area contributed by atoms with Crippen molar-refractivity contribution in [2.45, 2.75) is 13.8 Å². The van der Waals surface area contributed by atoms with Gasteiger partial charge in [0.25, 0.3) is 0 Å². The Morgan fingerprint density at radius 3 is 2.32 bits per heavy atom. The molecule has 1 aromatic rings. The number of nitrogens with one attached hydrogen (secondary N) is 1. The first-order valence-electron chi connectivity index (χ1n) is 7.30. The smallest absolute Gasteiger partial charge is 0.238 e. The van der Waals surface area contributed by atoms with Gasteiger partial charge in [0.2, 0.25) is 15.9 Å². The fourth-order valence-electron chi connectivity index (χ4n) is 2.44. The van der Waals surface area contributed by atoms with Crippen molar-refractivity contribution in [3.8, 4) is 0 Å². The second-order valence-electron chi connectivity index (χ2n) is 5.79. The zero-order valence-corrected chi connectivity index (χ0v) is 14.1. The number of carbonyl (C=O) groups excluding carboxylic acids is 1. The number of rotatable bonds is 4. The maximum absolute atomic E-state index is 12.1. The first-order valence-corrected chi connectivity index (χ1v) is 9.15. The van der Waals surface area contributed by atoms with Crippen LogP contribution in [0.3, 0.4) is 0 Å². The Bertz CT molecular complexity index is 650. The Kier molecular flexibility index (Phi) is 5.20. The zero-order valence-electron chi connectivity index (χ0n) is 13.3. The van der Waals surface area contributed by atoms with Crippen LogP contribution < -0.4 is 5.32 Å². The fraction of sp³-hybridized carbons (Fsp3) is 0.533. The van der Waals surface area contributed by atoms with Gasteiger partial charge in [-0.1, -0.05) is 6.07 Å². The number of hydrogen-bond acceptors (Lipinski definition) is 4. The molecule has 0 bridgehead atoms. The van der Waals surface area contributed by atoms with Crippen LogP contribution >= 0.6 is 0 Å². The molecule has 0 unspecified atom stereocenters. The molecule has 1 aliphatic heterocycles. The van der Waals surface area contributed by atoms with E-state index in [0.717, 1.165) is 11.3 Å². The normalized spacial score (nSPS) is 17.4. The van der Waals surface area contributed by atoms with Crippen LogP contribution in [-0.4, -0.2) is 62.5 Å². The van der Waals surface area contributed by atoms with Crippen LogP contribution in [0, 0.1) is 13.8 Å². The highest BCUT2D eigenvalue weighted by atomic mass is 32.2. The summed E-state index contributed by atoms with van der Waals surface area (Å²) >= 11 is 0. The summed E-state index contributed by atoms with van der Waals surface area (Å²) in [6.45, 7) is 6.36. The number of benzene rings is 1. The van der Waals surface area contributed by atoms with Gasteiger partial charge in [0, 0.05) is 31.9 Å². The van der Waals surface area contributed by atoms with Crippen LogP contribution in [0.1, 0.15) is 11.1 Å². The quantitative estimate of drug-likeness (QED) is 0.890. The lowest BCUT2D eigenvalue weighted by Crippen LogP contribution is -2.50. The summed E-state index contributed by atoms with van der Waals surface area (Å²) < 4.78 is 24.3. The summed E-state index contributed by atoms with van der Waals surface area (Å²) in [6.07, 6.45) is 1.22. The molecule has 0 spiro atoms. The number of piperazine rings is 1. The van der Waals surface area contributed by atoms with E-state index in [-0.39, 0.29) is 12.5 Å². The molecule has 1 heterocycles. The van der Waals surface area contributed by atoms with Gasteiger partial charge in [-0.2, -0.15) is 4.31 Å². The molecule has 0 aromatic heterocycles. The van der Waals surface area contributed by atoms with Crippen LogP contribution in [0.2, 0.25) is 0 Å². The molecule has 1 aromatic carbocycles. The number of sulfonamides is 1. The van der Waals surface area contributed by atoms with Crippen molar-refractivity contribution in [3.63, 3.8) is 0 Å². The topological polar surface area (TPSA) is 69.7 Å². The standard InChI is InChI=1S/C15H23N3O3S/c1-12-4-5-14(10-13(12)2)16-15(19)11-17-6-8-18(9-7-17)22(3,20)21/h4-5,10H,6-9,11H2,1-3H3,(H,16,19). The van der Waals surface area contributed by atoms with E-state index in [4.69, 9.17) is 0 Å². The lowest BCUT2D eigenvalue weighted by atomic mass is 10.1. The van der Waals surface area contributed by atoms with Gasteiger partial charge in [-0.05, 0) is 37.1 Å². The van der Waals surface area contributed by atoms with Gasteiger partial charge in [-0.3, -0.25) is 9.69 Å². The molecule has 0 saturated carbocycles. The maximum Gasteiger partial charge on any atom is 0.238 e. The molecule has 0 aliphatic carbocycles. The highest BCUT2D eigenvalue weighted by Gasteiger charge is 2.24. The van der Waals surface area contributed by atoms with Crippen LogP contribution in [-0.2, 0) is 14.8 Å². The van der Waals surface area contributed by atoms with Crippen LogP contribution in [0.25, 0.3) is 0 Å². The van der Waals surface area contributed by atoms with Crippen molar-refractivity contribution in [1.29, 1.82) is 0 Å². The Hall–Kier alpha value is -1.44. The van der Waals surface area contributed by atoms with E-state index in [1.165, 1.54) is 16.1 Å². The van der Waals surface area contributed by atoms with E-state index < -0.39 is 10.0 Å². The molecule has 2 rings (SSSR count). The molecular formula is C15H23N3O3S. The minimum absolute atomic E-state index is 0.0731. The fourth-order valence-corrected chi connectivity index (χ4v) is 3.27. The monoisotopic (exact) mass is 325 g/mol. The minimum Gasteiger partial charge on any atom is -0.325 e. The van der Waals surface area contributed by atoms with Crippen LogP contribution in [0.15, 0.2) is 18.2 Å². The van der Waals surface area contributed by atoms with Gasteiger partial charge < -0.3 is 5.32 Å². The predicted octanol–water partition coefficient (Wildman–Crippen LogP) is 0.819. The van der Waals surface area contributed by atoms with Gasteiger partial charge in [-0.25, -0.2) is 8.42 Å². The molecule has 1 aliphatic rings. The molecule has 122 valence electrons. The van der Waals surface area contributed by atoms with Crippen molar-refractivity contribution in [3.05, 3.63) is 29.3 Å². The van der Waals surface area contributed by atoms with Gasteiger partial charge in [0.15, 0.2) is 0 Å². The number of nitrogens with zero attached hydrogens (tertiary/aromatic N) is 2. The number of hydrogen-bond donors (Lipinski definition) is 1. The lowest BCUT2D eigenvalue weighted by molar-refractivity contribution is -0.117. The summed E-state index contributed by atoms with van der Waals surface area (Å²) in [5, 5.41) is 2.89. The first-order chi connectivity index (χ1) is 10.3. The third kappa shape index (κ3) is 4.53. The van der Waals surface area contributed by atoms with Crippen LogP contribution in [0.4, 0.5) is 5.69 Å². The van der Waals surface area contributed by atoms with Crippen molar-refractivity contribution in [2.75, 3.05) is 44.3 Å². The largest absolute Gasteiger partial charge is 0.325 e. The van der Waals surface area contributed by atoms with Crippen molar-refractivity contribution in [2.24, 2.45) is 0 Å². The number of carbonyl (C=O) groups is 1. The molecule has 1 fully saturated rings. The van der Waals surface area contributed by atoms with E-state index in [9.17, 15) is 13.2 Å². The molecule has 1 saturated heterocycles. The molecule has 22 heavy (non-hydrogen) atoms. The third-order valence-corrected chi connectivity index (χ3v) is 5.26. The summed E-state index contributed by atoms with van der Waals surface area (Å²) in [6, 6.07) is 5.83. The second kappa shape index (κ2) is 6.76. The Morgan fingerprint density at radius 2 is 1.77 bits per heavy atom. The Morgan fingerprint density at radius 1 is 1.14 bits per heavy atom. The summed E-state index contributed by atoms with van der Waals surface area (Å²) in [5.74, 6) is -0.0731. The second-order valence-corrected chi connectivity index (χ2v) is 7.77. The lowest BCUT2D eigenvalue weighted by Gasteiger charge is -2.32. The molecule has 0 atom stereocenters. The van der Waals surface area contributed by atoms with E-state index in [2.05, 4.69) is 5.32 Å². The summed E-state index contributed by atoms with van der Waals surface area (Å²) in [4.78, 5) is 14.0. The summed E-state index contributed by atoms with van der Waals surface area (Å²) in [7, 11) is -3.13. The molecule has 0 radical (unpaired) electrons. The van der Waals surface area contributed by atoms with Crippen molar-refractivity contribution >= 4 is 21.6 Å². The van der Waals surface area contributed by atoms with Crippen molar-refractivity contribution < 1.29 is 13.2 Å². The highest BCUT2D eigenvalue weighted by molar-refractivity contribution is 7.88. The van der Waals surface area contributed by atoms with Gasteiger partial charge in [0.1, 0.15) is 0 Å². The van der Waals surface area contributed by atoms with Gasteiger partial charge >= 0.3 is 0 Å². The SMILES string of the molecule is Cc1ccc(NC(=O)CN2CCN(S(C)(=O)=O)CC2)cc1C. The third-order valence-electron chi connectivity index (χ3n) is 3.96. The maximum atomic E-state index is 12.1. The molecular weight excluding hydrogens is 302 g/mol. The number of aryl methyl sites for hydroxylation is 2. The van der Waals surface area contributed by atoms with E-state index in [1.54, 1.807) is 0 Å². The number of amides is 1. The van der Waals surface area contributed by atoms with Crippen molar-refractivity contribution in [1.82, 2.24) is 9.21 Å². The highest BCUT2D eigenvalue weighted by Crippen LogP contribution is 2.14. The van der Waals surface area contributed by atoms with Crippen LogP contribution in [0.5, 0.6) is 0 Å². The molecule has 7 heteroatoms.